The first-order chi connectivity index (χ1) is 7.35. The predicted octanol–water partition coefficient (Wildman–Crippen LogP) is 2.88. The van der Waals surface area contributed by atoms with Gasteiger partial charge in [-0.15, -0.1) is 0 Å². The van der Waals surface area contributed by atoms with E-state index in [1.807, 2.05) is 31.4 Å². The molecule has 0 aliphatic rings. The van der Waals surface area contributed by atoms with Gasteiger partial charge >= 0.3 is 0 Å². The number of nitrogens with two attached hydrogens (primary N) is 1. The van der Waals surface area contributed by atoms with Crippen LogP contribution < -0.4 is 5.73 Å². The van der Waals surface area contributed by atoms with Crippen molar-refractivity contribution in [3.05, 3.63) is 47.7 Å². The Bertz CT molecular complexity index is 482. The maximum atomic E-state index is 5.65. The third-order valence-electron chi connectivity index (χ3n) is 2.65. The fourth-order valence-corrected chi connectivity index (χ4v) is 1.71. The summed E-state index contributed by atoms with van der Waals surface area (Å²) in [6.45, 7) is 2.63. The molecule has 2 heteroatoms. The lowest BCUT2D eigenvalue weighted by Crippen LogP contribution is -2.05. The number of allylic oxidation sites excluding steroid dienone is 1. The quantitative estimate of drug-likeness (QED) is 0.775. The van der Waals surface area contributed by atoms with E-state index in [1.54, 1.807) is 0 Å². The number of para-hydroxylation sites is 1. The van der Waals surface area contributed by atoms with Gasteiger partial charge in [0, 0.05) is 17.5 Å². The second-order valence-corrected chi connectivity index (χ2v) is 3.58. The molecular formula is C13H15NO. The molecule has 1 heterocycles. The molecule has 2 aromatic rings. The molecule has 0 radical (unpaired) electrons. The summed E-state index contributed by atoms with van der Waals surface area (Å²) in [5.74, 6) is 0. The fraction of sp³-hybridized carbons (Fsp3) is 0.231. The summed E-state index contributed by atoms with van der Waals surface area (Å²) in [6.07, 6.45) is 4.77. The first-order valence-electron chi connectivity index (χ1n) is 5.14. The third-order valence-corrected chi connectivity index (χ3v) is 2.65. The van der Waals surface area contributed by atoms with Gasteiger partial charge in [-0.05, 0) is 19.4 Å². The first-order valence-corrected chi connectivity index (χ1v) is 5.14. The Balaban J connectivity index is 2.36. The molecule has 2 nitrogen and oxygen atoms in total. The van der Waals surface area contributed by atoms with Crippen molar-refractivity contribution < 1.29 is 4.42 Å². The number of hydrogen-bond acceptors (Lipinski definition) is 2. The van der Waals surface area contributed by atoms with Gasteiger partial charge in [0.15, 0.2) is 0 Å². The zero-order valence-electron chi connectivity index (χ0n) is 8.86. The monoisotopic (exact) mass is 201 g/mol. The molecule has 78 valence electrons. The average Bonchev–Trinajstić information content (AvgIpc) is 2.69. The van der Waals surface area contributed by atoms with Crippen molar-refractivity contribution in [1.82, 2.24) is 0 Å². The van der Waals surface area contributed by atoms with Crippen molar-refractivity contribution >= 4 is 11.0 Å². The highest BCUT2D eigenvalue weighted by Crippen LogP contribution is 2.22. The Labute approximate surface area is 89.4 Å². The number of hydrogen-bond donors (Lipinski definition) is 1. The highest BCUT2D eigenvalue weighted by Gasteiger charge is 2.05. The van der Waals surface area contributed by atoms with Gasteiger partial charge in [0.2, 0.25) is 0 Å². The van der Waals surface area contributed by atoms with Gasteiger partial charge in [-0.1, -0.05) is 29.8 Å². The van der Waals surface area contributed by atoms with Crippen LogP contribution in [0.25, 0.3) is 11.0 Å². The third kappa shape index (κ3) is 1.95. The van der Waals surface area contributed by atoms with E-state index in [4.69, 9.17) is 10.2 Å². The number of benzene rings is 1. The predicted molar refractivity (Wildman–Crippen MR) is 62.7 cm³/mol. The largest absolute Gasteiger partial charge is 0.464 e. The van der Waals surface area contributed by atoms with Gasteiger partial charge in [-0.3, -0.25) is 0 Å². The molecule has 1 aromatic heterocycles. The Hall–Kier alpha value is -1.54. The van der Waals surface area contributed by atoms with Crippen LogP contribution >= 0.6 is 0 Å². The van der Waals surface area contributed by atoms with E-state index >= 15 is 0 Å². The lowest BCUT2D eigenvalue weighted by molar-refractivity contribution is 0.611. The van der Waals surface area contributed by atoms with E-state index in [0.717, 1.165) is 12.0 Å². The second-order valence-electron chi connectivity index (χ2n) is 3.58. The van der Waals surface area contributed by atoms with Crippen LogP contribution in [0.3, 0.4) is 0 Å². The lowest BCUT2D eigenvalue weighted by atomic mass is 10.0. The SMILES string of the molecule is C/C=C(\CN)Cc1coc2ccccc12. The molecule has 1 aromatic carbocycles. The van der Waals surface area contributed by atoms with Gasteiger partial charge in [-0.25, -0.2) is 0 Å². The van der Waals surface area contributed by atoms with Crippen LogP contribution in [0.2, 0.25) is 0 Å². The molecule has 0 saturated carbocycles. The lowest BCUT2D eigenvalue weighted by Gasteiger charge is -2.01. The Morgan fingerprint density at radius 1 is 1.40 bits per heavy atom. The van der Waals surface area contributed by atoms with Crippen LogP contribution in [0, 0.1) is 0 Å². The van der Waals surface area contributed by atoms with Crippen LogP contribution in [-0.4, -0.2) is 6.54 Å². The van der Waals surface area contributed by atoms with Crippen LogP contribution in [0.1, 0.15) is 12.5 Å². The zero-order chi connectivity index (χ0) is 10.7. The van der Waals surface area contributed by atoms with Crippen molar-refractivity contribution in [3.63, 3.8) is 0 Å². The Morgan fingerprint density at radius 2 is 2.20 bits per heavy atom. The van der Waals surface area contributed by atoms with Crippen LogP contribution in [0.15, 0.2) is 46.6 Å². The molecule has 0 aliphatic carbocycles. The van der Waals surface area contributed by atoms with Crippen molar-refractivity contribution in [1.29, 1.82) is 0 Å². The smallest absolute Gasteiger partial charge is 0.134 e. The molecule has 0 bridgehead atoms. The summed E-state index contributed by atoms with van der Waals surface area (Å²) in [7, 11) is 0. The second kappa shape index (κ2) is 4.32. The molecule has 0 unspecified atom stereocenters. The minimum Gasteiger partial charge on any atom is -0.464 e. The average molecular weight is 201 g/mol. The van der Waals surface area contributed by atoms with Crippen LogP contribution in [0.5, 0.6) is 0 Å². The molecular weight excluding hydrogens is 186 g/mol. The summed E-state index contributed by atoms with van der Waals surface area (Å²) in [6, 6.07) is 8.07. The van der Waals surface area contributed by atoms with Crippen molar-refractivity contribution in [2.45, 2.75) is 13.3 Å². The normalized spacial score (nSPS) is 12.3. The van der Waals surface area contributed by atoms with Gasteiger partial charge in [-0.2, -0.15) is 0 Å². The molecule has 0 saturated heterocycles. The standard InChI is InChI=1S/C13H15NO/c1-2-10(8-14)7-11-9-15-13-6-4-3-5-12(11)13/h2-6,9H,7-8,14H2,1H3/b10-2-. The number of fused-ring (bicyclic) bond motifs is 1. The Morgan fingerprint density at radius 3 is 2.93 bits per heavy atom. The van der Waals surface area contributed by atoms with E-state index in [9.17, 15) is 0 Å². The molecule has 0 fully saturated rings. The number of rotatable bonds is 3. The summed E-state index contributed by atoms with van der Waals surface area (Å²) in [5, 5.41) is 1.19. The van der Waals surface area contributed by atoms with E-state index in [2.05, 4.69) is 12.1 Å². The molecule has 0 atom stereocenters. The van der Waals surface area contributed by atoms with Crippen molar-refractivity contribution in [2.75, 3.05) is 6.54 Å². The summed E-state index contributed by atoms with van der Waals surface area (Å²) >= 11 is 0. The van der Waals surface area contributed by atoms with E-state index in [0.29, 0.717) is 6.54 Å². The Kier molecular flexibility index (Phi) is 2.88. The van der Waals surface area contributed by atoms with Gasteiger partial charge in [0.1, 0.15) is 5.58 Å². The maximum absolute atomic E-state index is 5.65. The highest BCUT2D eigenvalue weighted by atomic mass is 16.3. The van der Waals surface area contributed by atoms with Gasteiger partial charge in [0.25, 0.3) is 0 Å². The fourth-order valence-electron chi connectivity index (χ4n) is 1.71. The van der Waals surface area contributed by atoms with Gasteiger partial charge < -0.3 is 10.2 Å². The van der Waals surface area contributed by atoms with E-state index < -0.39 is 0 Å². The highest BCUT2D eigenvalue weighted by molar-refractivity contribution is 5.81. The van der Waals surface area contributed by atoms with Crippen LogP contribution in [-0.2, 0) is 6.42 Å². The summed E-state index contributed by atoms with van der Waals surface area (Å²) in [4.78, 5) is 0. The van der Waals surface area contributed by atoms with Crippen LogP contribution in [0.4, 0.5) is 0 Å². The summed E-state index contributed by atoms with van der Waals surface area (Å²) in [5.41, 5.74) is 9.04. The van der Waals surface area contributed by atoms with E-state index in [1.165, 1.54) is 16.5 Å². The maximum Gasteiger partial charge on any atom is 0.134 e. The van der Waals surface area contributed by atoms with Crippen molar-refractivity contribution in [2.24, 2.45) is 5.73 Å². The minimum absolute atomic E-state index is 0.607. The molecule has 15 heavy (non-hydrogen) atoms. The molecule has 2 rings (SSSR count). The van der Waals surface area contributed by atoms with Crippen molar-refractivity contribution in [3.8, 4) is 0 Å². The zero-order valence-corrected chi connectivity index (χ0v) is 8.86. The van der Waals surface area contributed by atoms with E-state index in [-0.39, 0.29) is 0 Å². The number of furan rings is 1. The first kappa shape index (κ1) is 9.99. The molecule has 2 N–H and O–H groups in total. The molecule has 0 spiro atoms. The van der Waals surface area contributed by atoms with Gasteiger partial charge in [0.05, 0.1) is 6.26 Å². The summed E-state index contributed by atoms with van der Waals surface area (Å²) < 4.78 is 5.47. The topological polar surface area (TPSA) is 39.2 Å². The minimum atomic E-state index is 0.607. The molecule has 0 amide bonds. The molecule has 0 aliphatic heterocycles.